The molecule has 0 heterocycles. The summed E-state index contributed by atoms with van der Waals surface area (Å²) in [6.07, 6.45) is 0.264. The quantitative estimate of drug-likeness (QED) is 0.804. The van der Waals surface area contributed by atoms with E-state index in [9.17, 15) is 4.79 Å². The van der Waals surface area contributed by atoms with Crippen LogP contribution in [0.4, 0.5) is 0 Å². The smallest absolute Gasteiger partial charge is 0.222 e. The molecular weight excluding hydrogens is 324 g/mol. The summed E-state index contributed by atoms with van der Waals surface area (Å²) in [5, 5.41) is 2.92. The first-order chi connectivity index (χ1) is 11.1. The second-order valence-electron chi connectivity index (χ2n) is 5.54. The lowest BCUT2D eigenvalue weighted by molar-refractivity contribution is -0.121. The fourth-order valence-electron chi connectivity index (χ4n) is 2.38. The van der Waals surface area contributed by atoms with Crippen molar-refractivity contribution >= 4 is 18.3 Å². The van der Waals surface area contributed by atoms with Crippen LogP contribution in [0.5, 0.6) is 5.75 Å². The van der Waals surface area contributed by atoms with Crippen LogP contribution in [0, 0.1) is 6.92 Å². The molecule has 0 aliphatic rings. The summed E-state index contributed by atoms with van der Waals surface area (Å²) in [6.45, 7) is 5.01. The van der Waals surface area contributed by atoms with E-state index in [0.717, 1.165) is 22.4 Å². The average molecular weight is 349 g/mol. The van der Waals surface area contributed by atoms with E-state index in [1.54, 1.807) is 0 Å². The van der Waals surface area contributed by atoms with Crippen LogP contribution in [0.1, 0.15) is 36.1 Å². The summed E-state index contributed by atoms with van der Waals surface area (Å²) >= 11 is 0. The van der Waals surface area contributed by atoms with E-state index < -0.39 is 0 Å². The number of benzene rings is 2. The highest BCUT2D eigenvalue weighted by atomic mass is 35.5. The number of hydrogen-bond donors (Lipinski definition) is 2. The van der Waals surface area contributed by atoms with Gasteiger partial charge in [0.25, 0.3) is 0 Å². The van der Waals surface area contributed by atoms with Crippen LogP contribution in [0.2, 0.25) is 0 Å². The van der Waals surface area contributed by atoms with Crippen LogP contribution >= 0.6 is 12.4 Å². The van der Waals surface area contributed by atoms with E-state index in [-0.39, 0.29) is 30.8 Å². The molecule has 0 saturated heterocycles. The van der Waals surface area contributed by atoms with Gasteiger partial charge in [-0.15, -0.1) is 12.4 Å². The van der Waals surface area contributed by atoms with Gasteiger partial charge in [0.2, 0.25) is 5.91 Å². The molecule has 0 aliphatic heterocycles. The number of halogens is 1. The zero-order chi connectivity index (χ0) is 16.7. The zero-order valence-electron chi connectivity index (χ0n) is 14.1. The van der Waals surface area contributed by atoms with Crippen molar-refractivity contribution in [3.63, 3.8) is 0 Å². The third kappa shape index (κ3) is 5.87. The van der Waals surface area contributed by atoms with Crippen molar-refractivity contribution in [2.75, 3.05) is 6.61 Å². The maximum atomic E-state index is 12.1. The van der Waals surface area contributed by atoms with E-state index in [4.69, 9.17) is 10.5 Å². The van der Waals surface area contributed by atoms with Gasteiger partial charge in [0.1, 0.15) is 5.75 Å². The number of hydrogen-bond acceptors (Lipinski definition) is 3. The fraction of sp³-hybridized carbons (Fsp3) is 0.316. The SMILES string of the molecule is CCOc1cc(C)ccc1CNC(=O)CC(N)c1ccccc1.Cl. The van der Waals surface area contributed by atoms with Gasteiger partial charge in [-0.2, -0.15) is 0 Å². The van der Waals surface area contributed by atoms with Crippen molar-refractivity contribution in [3.05, 3.63) is 65.2 Å². The van der Waals surface area contributed by atoms with Crippen LogP contribution in [-0.4, -0.2) is 12.5 Å². The molecule has 0 spiro atoms. The maximum Gasteiger partial charge on any atom is 0.222 e. The predicted molar refractivity (Wildman–Crippen MR) is 99.4 cm³/mol. The van der Waals surface area contributed by atoms with E-state index in [1.807, 2.05) is 62.4 Å². The predicted octanol–water partition coefficient (Wildman–Crippen LogP) is 3.52. The van der Waals surface area contributed by atoms with Gasteiger partial charge < -0.3 is 15.8 Å². The minimum Gasteiger partial charge on any atom is -0.494 e. The van der Waals surface area contributed by atoms with E-state index in [1.165, 1.54) is 0 Å². The highest BCUT2D eigenvalue weighted by Gasteiger charge is 2.12. The number of ether oxygens (including phenoxy) is 1. The van der Waals surface area contributed by atoms with Crippen molar-refractivity contribution in [2.24, 2.45) is 5.73 Å². The van der Waals surface area contributed by atoms with Crippen LogP contribution < -0.4 is 15.8 Å². The maximum absolute atomic E-state index is 12.1. The summed E-state index contributed by atoms with van der Waals surface area (Å²) in [6, 6.07) is 15.3. The Kier molecular flexibility index (Phi) is 8.30. The summed E-state index contributed by atoms with van der Waals surface area (Å²) in [4.78, 5) is 12.1. The van der Waals surface area contributed by atoms with E-state index in [2.05, 4.69) is 5.32 Å². The molecule has 1 atom stereocenters. The third-order valence-electron chi connectivity index (χ3n) is 3.63. The second kappa shape index (κ2) is 9.96. The standard InChI is InChI=1S/C19H24N2O2.ClH/c1-3-23-18-11-14(2)9-10-16(18)13-21-19(22)12-17(20)15-7-5-4-6-8-15;/h4-11,17H,3,12-13,20H2,1-2H3,(H,21,22);1H. The summed E-state index contributed by atoms with van der Waals surface area (Å²) in [7, 11) is 0. The highest BCUT2D eigenvalue weighted by molar-refractivity contribution is 5.85. The number of amides is 1. The Bertz CT molecular complexity index is 647. The van der Waals surface area contributed by atoms with Crippen molar-refractivity contribution in [2.45, 2.75) is 32.9 Å². The van der Waals surface area contributed by atoms with Gasteiger partial charge in [0.05, 0.1) is 6.61 Å². The monoisotopic (exact) mass is 348 g/mol. The lowest BCUT2D eigenvalue weighted by Crippen LogP contribution is -2.27. The molecule has 0 radical (unpaired) electrons. The lowest BCUT2D eigenvalue weighted by atomic mass is 10.0. The molecule has 2 rings (SSSR count). The molecule has 24 heavy (non-hydrogen) atoms. The molecule has 1 unspecified atom stereocenters. The van der Waals surface area contributed by atoms with Crippen molar-refractivity contribution < 1.29 is 9.53 Å². The Morgan fingerprint density at radius 3 is 2.58 bits per heavy atom. The zero-order valence-corrected chi connectivity index (χ0v) is 14.9. The van der Waals surface area contributed by atoms with Gasteiger partial charge in [-0.1, -0.05) is 42.5 Å². The van der Waals surface area contributed by atoms with E-state index >= 15 is 0 Å². The van der Waals surface area contributed by atoms with Gasteiger partial charge >= 0.3 is 0 Å². The number of aryl methyl sites for hydroxylation is 1. The van der Waals surface area contributed by atoms with Gasteiger partial charge in [0, 0.05) is 24.6 Å². The first-order valence-corrected chi connectivity index (χ1v) is 7.89. The highest BCUT2D eigenvalue weighted by Crippen LogP contribution is 2.20. The molecule has 0 fully saturated rings. The fourth-order valence-corrected chi connectivity index (χ4v) is 2.38. The Balaban J connectivity index is 0.00000288. The van der Waals surface area contributed by atoms with Crippen molar-refractivity contribution in [1.29, 1.82) is 0 Å². The molecular formula is C19H25ClN2O2. The normalized spacial score (nSPS) is 11.3. The molecule has 0 aromatic heterocycles. The van der Waals surface area contributed by atoms with Crippen LogP contribution in [0.25, 0.3) is 0 Å². The first kappa shape index (κ1) is 20.0. The molecule has 0 bridgehead atoms. The first-order valence-electron chi connectivity index (χ1n) is 7.89. The van der Waals surface area contributed by atoms with Gasteiger partial charge in [-0.3, -0.25) is 4.79 Å². The third-order valence-corrected chi connectivity index (χ3v) is 3.63. The van der Waals surface area contributed by atoms with Crippen molar-refractivity contribution in [3.8, 4) is 5.75 Å². The van der Waals surface area contributed by atoms with Gasteiger partial charge in [-0.05, 0) is 31.0 Å². The Morgan fingerprint density at radius 1 is 1.21 bits per heavy atom. The molecule has 0 aliphatic carbocycles. The summed E-state index contributed by atoms with van der Waals surface area (Å²) < 4.78 is 5.62. The Hall–Kier alpha value is -2.04. The van der Waals surface area contributed by atoms with Gasteiger partial charge in [0.15, 0.2) is 0 Å². The van der Waals surface area contributed by atoms with E-state index in [0.29, 0.717) is 13.2 Å². The minimum absolute atomic E-state index is 0. The molecule has 4 nitrogen and oxygen atoms in total. The Labute approximate surface area is 149 Å². The molecule has 130 valence electrons. The molecule has 2 aromatic carbocycles. The molecule has 5 heteroatoms. The number of carbonyl (C=O) groups excluding carboxylic acids is 1. The number of nitrogens with two attached hydrogens (primary N) is 1. The average Bonchev–Trinajstić information content (AvgIpc) is 2.55. The van der Waals surface area contributed by atoms with Crippen LogP contribution in [0.3, 0.4) is 0 Å². The summed E-state index contributed by atoms with van der Waals surface area (Å²) in [5.74, 6) is 0.754. The van der Waals surface area contributed by atoms with Crippen LogP contribution in [-0.2, 0) is 11.3 Å². The lowest BCUT2D eigenvalue weighted by Gasteiger charge is -2.14. The molecule has 0 saturated carbocycles. The number of carbonyl (C=O) groups is 1. The largest absolute Gasteiger partial charge is 0.494 e. The number of rotatable bonds is 7. The van der Waals surface area contributed by atoms with Crippen molar-refractivity contribution in [1.82, 2.24) is 5.32 Å². The molecule has 2 aromatic rings. The molecule has 3 N–H and O–H groups in total. The van der Waals surface area contributed by atoms with Crippen LogP contribution in [0.15, 0.2) is 48.5 Å². The Morgan fingerprint density at radius 2 is 1.92 bits per heavy atom. The topological polar surface area (TPSA) is 64.3 Å². The molecule has 1 amide bonds. The second-order valence-corrected chi connectivity index (χ2v) is 5.54. The number of nitrogens with one attached hydrogen (secondary N) is 1. The van der Waals surface area contributed by atoms with Gasteiger partial charge in [-0.25, -0.2) is 0 Å². The summed E-state index contributed by atoms with van der Waals surface area (Å²) in [5.41, 5.74) is 9.15. The minimum atomic E-state index is -0.291.